The highest BCUT2D eigenvalue weighted by Crippen LogP contribution is 2.14. The van der Waals surface area contributed by atoms with Crippen molar-refractivity contribution in [1.82, 2.24) is 34.3 Å². The van der Waals surface area contributed by atoms with Gasteiger partial charge in [-0.3, -0.25) is 14.0 Å². The monoisotopic (exact) mass is 423 g/mol. The van der Waals surface area contributed by atoms with E-state index >= 15 is 0 Å². The van der Waals surface area contributed by atoms with Crippen LogP contribution in [0, 0.1) is 0 Å². The molecule has 1 atom stereocenters. The first-order chi connectivity index (χ1) is 15.0. The van der Waals surface area contributed by atoms with Gasteiger partial charge in [-0.05, 0) is 50.7 Å². The minimum atomic E-state index is -0.0877. The number of rotatable bonds is 7. The molecule has 0 saturated carbocycles. The molecule has 31 heavy (non-hydrogen) atoms. The number of fused-ring (bicyclic) bond motifs is 1. The molecule has 0 saturated heterocycles. The molecule has 2 aromatic heterocycles. The highest BCUT2D eigenvalue weighted by Gasteiger charge is 2.22. The Bertz CT molecular complexity index is 1080. The number of benzene rings is 1. The number of carbonyl (C=O) groups is 1. The number of hydrogen-bond donors (Lipinski definition) is 1. The van der Waals surface area contributed by atoms with E-state index < -0.39 is 0 Å². The van der Waals surface area contributed by atoms with Gasteiger partial charge >= 0.3 is 5.69 Å². The minimum Gasteiger partial charge on any atom is -0.349 e. The average Bonchev–Trinajstić information content (AvgIpc) is 3.31. The minimum absolute atomic E-state index is 0.0126. The van der Waals surface area contributed by atoms with Gasteiger partial charge in [0, 0.05) is 43.5 Å². The lowest BCUT2D eigenvalue weighted by molar-refractivity contribution is 0.0932. The zero-order valence-corrected chi connectivity index (χ0v) is 18.1. The topological polar surface area (TPSA) is 90.0 Å². The maximum absolute atomic E-state index is 12.8. The summed E-state index contributed by atoms with van der Waals surface area (Å²) in [6.07, 6.45) is 5.79. The van der Waals surface area contributed by atoms with Crippen LogP contribution < -0.4 is 11.0 Å². The van der Waals surface area contributed by atoms with Crippen molar-refractivity contribution in [2.45, 2.75) is 44.9 Å². The number of likely N-dealkylation sites (N-methyl/N-ethyl adjacent to an activating group) is 1. The number of nitrogens with zero attached hydrogens (tertiary/aromatic N) is 6. The third-order valence-electron chi connectivity index (χ3n) is 5.60. The van der Waals surface area contributed by atoms with Crippen LogP contribution in [0.25, 0.3) is 0 Å². The Kier molecular flexibility index (Phi) is 6.31. The Morgan fingerprint density at radius 1 is 1.26 bits per heavy atom. The molecule has 0 spiro atoms. The third kappa shape index (κ3) is 5.11. The first kappa shape index (κ1) is 21.0. The molecule has 1 amide bonds. The van der Waals surface area contributed by atoms with Crippen LogP contribution in [-0.2, 0) is 26.1 Å². The lowest BCUT2D eigenvalue weighted by Gasteiger charge is -2.16. The molecule has 3 aromatic rings. The van der Waals surface area contributed by atoms with Gasteiger partial charge in [0.25, 0.3) is 5.91 Å². The molecule has 3 heterocycles. The standard InChI is InChI=1S/C22H29N7O2/c1-26(2)13-14-29-22(31)28-12-9-19(7-8-20(28)25-29)24-21(30)18-6-3-5-17(15-18)16-27-11-4-10-23-27/h3-6,10-11,15,19H,7-9,12-14,16H2,1-2H3,(H,24,30). The van der Waals surface area contributed by atoms with E-state index in [1.54, 1.807) is 15.4 Å². The summed E-state index contributed by atoms with van der Waals surface area (Å²) in [5, 5.41) is 11.9. The Balaban J connectivity index is 1.37. The lowest BCUT2D eigenvalue weighted by atomic mass is 10.1. The quantitative estimate of drug-likeness (QED) is 0.612. The Morgan fingerprint density at radius 2 is 2.13 bits per heavy atom. The second kappa shape index (κ2) is 9.30. The maximum Gasteiger partial charge on any atom is 0.345 e. The smallest absolute Gasteiger partial charge is 0.345 e. The fraction of sp³-hybridized carbons (Fsp3) is 0.455. The van der Waals surface area contributed by atoms with Crippen molar-refractivity contribution >= 4 is 5.91 Å². The summed E-state index contributed by atoms with van der Waals surface area (Å²) in [7, 11) is 3.96. The van der Waals surface area contributed by atoms with Crippen molar-refractivity contribution in [3.8, 4) is 0 Å². The molecule has 0 aliphatic carbocycles. The number of hydrogen-bond acceptors (Lipinski definition) is 5. The molecule has 0 fully saturated rings. The number of carbonyl (C=O) groups excluding carboxylic acids is 1. The maximum atomic E-state index is 12.8. The normalized spacial score (nSPS) is 16.2. The molecular formula is C22H29N7O2. The molecule has 164 valence electrons. The SMILES string of the molecule is CN(C)CCn1nc2n(c1=O)CCC(NC(=O)c1cccc(Cn3cccn3)c1)CC2. The van der Waals surface area contributed by atoms with E-state index in [0.717, 1.165) is 24.4 Å². The molecule has 0 radical (unpaired) electrons. The molecule has 1 aliphatic heterocycles. The average molecular weight is 424 g/mol. The predicted octanol–water partition coefficient (Wildman–Crippen LogP) is 0.986. The molecule has 9 heteroatoms. The summed E-state index contributed by atoms with van der Waals surface area (Å²) < 4.78 is 5.14. The van der Waals surface area contributed by atoms with Crippen molar-refractivity contribution in [3.63, 3.8) is 0 Å². The van der Waals surface area contributed by atoms with Crippen molar-refractivity contribution < 1.29 is 4.79 Å². The first-order valence-corrected chi connectivity index (χ1v) is 10.7. The van der Waals surface area contributed by atoms with Crippen molar-refractivity contribution in [1.29, 1.82) is 0 Å². The summed E-state index contributed by atoms with van der Waals surface area (Å²) in [6.45, 7) is 2.55. The predicted molar refractivity (Wildman–Crippen MR) is 117 cm³/mol. The third-order valence-corrected chi connectivity index (χ3v) is 5.60. The van der Waals surface area contributed by atoms with E-state index in [-0.39, 0.29) is 17.6 Å². The molecule has 4 rings (SSSR count). The summed E-state index contributed by atoms with van der Waals surface area (Å²) in [5.41, 5.74) is 1.60. The van der Waals surface area contributed by atoms with Gasteiger partial charge in [-0.2, -0.15) is 10.2 Å². The van der Waals surface area contributed by atoms with Crippen LogP contribution in [0.3, 0.4) is 0 Å². The van der Waals surface area contributed by atoms with Crippen molar-refractivity contribution in [3.05, 3.63) is 70.2 Å². The number of amides is 1. The van der Waals surface area contributed by atoms with Gasteiger partial charge in [0.05, 0.1) is 13.1 Å². The zero-order chi connectivity index (χ0) is 21.8. The van der Waals surface area contributed by atoms with Crippen LogP contribution in [0.1, 0.15) is 34.6 Å². The van der Waals surface area contributed by atoms with Crippen LogP contribution in [0.5, 0.6) is 0 Å². The van der Waals surface area contributed by atoms with Crippen LogP contribution in [0.4, 0.5) is 0 Å². The summed E-state index contributed by atoms with van der Waals surface area (Å²) in [4.78, 5) is 27.5. The molecular weight excluding hydrogens is 394 g/mol. The van der Waals surface area contributed by atoms with E-state index in [2.05, 4.69) is 15.5 Å². The van der Waals surface area contributed by atoms with Gasteiger partial charge in [-0.15, -0.1) is 0 Å². The Hall–Kier alpha value is -3.20. The second-order valence-corrected chi connectivity index (χ2v) is 8.28. The van der Waals surface area contributed by atoms with Gasteiger partial charge in [0.2, 0.25) is 0 Å². The van der Waals surface area contributed by atoms with Crippen LogP contribution in [-0.4, -0.2) is 61.6 Å². The van der Waals surface area contributed by atoms with E-state index in [1.165, 1.54) is 0 Å². The van der Waals surface area contributed by atoms with Gasteiger partial charge < -0.3 is 10.2 Å². The number of aromatic nitrogens is 5. The summed E-state index contributed by atoms with van der Waals surface area (Å²) in [6, 6.07) is 9.51. The van der Waals surface area contributed by atoms with Gasteiger partial charge in [0.1, 0.15) is 5.82 Å². The van der Waals surface area contributed by atoms with Crippen LogP contribution >= 0.6 is 0 Å². The van der Waals surface area contributed by atoms with Gasteiger partial charge in [0.15, 0.2) is 0 Å². The van der Waals surface area contributed by atoms with E-state index in [1.807, 2.05) is 60.2 Å². The molecule has 1 N–H and O–H groups in total. The van der Waals surface area contributed by atoms with Gasteiger partial charge in [-0.1, -0.05) is 12.1 Å². The van der Waals surface area contributed by atoms with Crippen LogP contribution in [0.2, 0.25) is 0 Å². The van der Waals surface area contributed by atoms with Crippen molar-refractivity contribution in [2.75, 3.05) is 20.6 Å². The summed E-state index contributed by atoms with van der Waals surface area (Å²) >= 11 is 0. The first-order valence-electron chi connectivity index (χ1n) is 10.7. The molecule has 1 unspecified atom stereocenters. The Labute approximate surface area is 181 Å². The fourth-order valence-corrected chi connectivity index (χ4v) is 3.87. The fourth-order valence-electron chi connectivity index (χ4n) is 3.87. The van der Waals surface area contributed by atoms with E-state index in [4.69, 9.17) is 0 Å². The lowest BCUT2D eigenvalue weighted by Crippen LogP contribution is -2.36. The zero-order valence-electron chi connectivity index (χ0n) is 18.1. The van der Waals surface area contributed by atoms with E-state index in [0.29, 0.717) is 38.0 Å². The molecule has 9 nitrogen and oxygen atoms in total. The van der Waals surface area contributed by atoms with Gasteiger partial charge in [-0.25, -0.2) is 9.48 Å². The number of aryl methyl sites for hydroxylation is 1. The number of nitrogens with one attached hydrogen (secondary N) is 1. The van der Waals surface area contributed by atoms with Crippen molar-refractivity contribution in [2.24, 2.45) is 0 Å². The highest BCUT2D eigenvalue weighted by molar-refractivity contribution is 5.94. The molecule has 0 bridgehead atoms. The molecule has 1 aromatic carbocycles. The summed E-state index contributed by atoms with van der Waals surface area (Å²) in [5.74, 6) is 0.719. The van der Waals surface area contributed by atoms with Crippen LogP contribution in [0.15, 0.2) is 47.5 Å². The molecule has 1 aliphatic rings. The second-order valence-electron chi connectivity index (χ2n) is 8.28. The Morgan fingerprint density at radius 3 is 2.90 bits per heavy atom. The highest BCUT2D eigenvalue weighted by atomic mass is 16.2. The van der Waals surface area contributed by atoms with E-state index in [9.17, 15) is 9.59 Å². The largest absolute Gasteiger partial charge is 0.349 e.